The number of esters is 1. The first-order valence-corrected chi connectivity index (χ1v) is 17.6. The number of halogens is 4. The SMILES string of the molecule is COC(=O)CCc1cnc([C@@H]2C[C@H](N3CCC(F)(F)CC3)CN2C(=O)Cc2cc(Cl)c(NC(=O)c3csc4ccccc34)cc2Cl)s1. The summed E-state index contributed by atoms with van der Waals surface area (Å²) in [5, 5.41) is 6.72. The molecule has 2 aliphatic heterocycles. The molecule has 4 aromatic rings. The van der Waals surface area contributed by atoms with Crippen LogP contribution in [0.15, 0.2) is 48.0 Å². The maximum absolute atomic E-state index is 13.9. The topological polar surface area (TPSA) is 91.8 Å². The number of hydrogen-bond acceptors (Lipinski definition) is 8. The molecule has 0 saturated carbocycles. The number of aromatic nitrogens is 1. The number of likely N-dealkylation sites (tertiary alicyclic amines) is 2. The zero-order chi connectivity index (χ0) is 33.3. The molecule has 2 aromatic heterocycles. The van der Waals surface area contributed by atoms with Crippen LogP contribution in [-0.2, 0) is 27.2 Å². The minimum Gasteiger partial charge on any atom is -0.469 e. The van der Waals surface area contributed by atoms with E-state index in [4.69, 9.17) is 27.9 Å². The number of piperidine rings is 1. The molecule has 6 rings (SSSR count). The Hall–Kier alpha value is -3.16. The van der Waals surface area contributed by atoms with Crippen molar-refractivity contribution in [2.24, 2.45) is 0 Å². The summed E-state index contributed by atoms with van der Waals surface area (Å²) < 4.78 is 33.6. The first-order chi connectivity index (χ1) is 22.5. The molecule has 2 amide bonds. The fourth-order valence-corrected chi connectivity index (χ4v) is 8.60. The van der Waals surface area contributed by atoms with Crippen LogP contribution < -0.4 is 5.32 Å². The standard InChI is InChI=1S/C33H32Cl2F2N4O4S2/c1-45-30(43)7-6-21-16-38-32(47-21)27-14-20(40-10-8-33(36,37)9-11-40)17-41(27)29(42)13-19-12-25(35)26(15-24(19)34)39-31(44)23-18-46-28-5-3-2-4-22(23)28/h2-5,12,15-16,18,20,27H,6-11,13-14,17H2,1H3,(H,39,44)/t20-,27-/m0/s1. The smallest absolute Gasteiger partial charge is 0.305 e. The van der Waals surface area contributed by atoms with Crippen molar-refractivity contribution in [3.63, 3.8) is 0 Å². The third-order valence-corrected chi connectivity index (χ3v) is 11.5. The molecule has 0 bridgehead atoms. The van der Waals surface area contributed by atoms with Crippen LogP contribution >= 0.6 is 45.9 Å². The Balaban J connectivity index is 1.19. The fourth-order valence-electron chi connectivity index (χ4n) is 6.15. The number of carbonyl (C=O) groups excluding carboxylic acids is 3. The van der Waals surface area contributed by atoms with Crippen molar-refractivity contribution in [3.8, 4) is 0 Å². The van der Waals surface area contributed by atoms with E-state index in [1.807, 2.05) is 29.2 Å². The van der Waals surface area contributed by atoms with Gasteiger partial charge in [-0.25, -0.2) is 13.8 Å². The van der Waals surface area contributed by atoms with Crippen LogP contribution in [-0.4, -0.2) is 71.3 Å². The van der Waals surface area contributed by atoms with Crippen molar-refractivity contribution in [2.75, 3.05) is 32.1 Å². The summed E-state index contributed by atoms with van der Waals surface area (Å²) >= 11 is 16.2. The number of alkyl halides is 2. The Morgan fingerprint density at radius 3 is 2.66 bits per heavy atom. The number of aryl methyl sites for hydroxylation is 1. The number of carbonyl (C=O) groups is 3. The number of thiazole rings is 1. The highest BCUT2D eigenvalue weighted by molar-refractivity contribution is 7.17. The predicted octanol–water partition coefficient (Wildman–Crippen LogP) is 7.64. The summed E-state index contributed by atoms with van der Waals surface area (Å²) in [5.41, 5.74) is 1.36. The lowest BCUT2D eigenvalue weighted by atomic mass is 10.0. The minimum absolute atomic E-state index is 0.0518. The average molecular weight is 722 g/mol. The number of hydrogen-bond donors (Lipinski definition) is 1. The molecule has 2 aliphatic rings. The van der Waals surface area contributed by atoms with Crippen molar-refractivity contribution < 1.29 is 27.9 Å². The molecular weight excluding hydrogens is 689 g/mol. The second-order valence-electron chi connectivity index (χ2n) is 11.8. The zero-order valence-corrected chi connectivity index (χ0v) is 28.6. The highest BCUT2D eigenvalue weighted by Gasteiger charge is 2.43. The summed E-state index contributed by atoms with van der Waals surface area (Å²) in [6.07, 6.45) is 2.48. The maximum Gasteiger partial charge on any atom is 0.305 e. The number of rotatable bonds is 9. The minimum atomic E-state index is -2.67. The van der Waals surface area contributed by atoms with Crippen LogP contribution in [0.3, 0.4) is 0 Å². The third kappa shape index (κ3) is 7.62. The van der Waals surface area contributed by atoms with Gasteiger partial charge in [0.25, 0.3) is 11.8 Å². The van der Waals surface area contributed by atoms with Gasteiger partial charge in [-0.1, -0.05) is 41.4 Å². The van der Waals surface area contributed by atoms with Crippen molar-refractivity contribution in [1.82, 2.24) is 14.8 Å². The van der Waals surface area contributed by atoms with Gasteiger partial charge in [-0.3, -0.25) is 19.3 Å². The lowest BCUT2D eigenvalue weighted by Gasteiger charge is -2.35. The summed E-state index contributed by atoms with van der Waals surface area (Å²) in [6.45, 7) is 0.870. The van der Waals surface area contributed by atoms with Gasteiger partial charge in [0.15, 0.2) is 0 Å². The van der Waals surface area contributed by atoms with Gasteiger partial charge >= 0.3 is 5.97 Å². The lowest BCUT2D eigenvalue weighted by molar-refractivity contribution is -0.140. The molecule has 8 nitrogen and oxygen atoms in total. The number of nitrogens with one attached hydrogen (secondary N) is 1. The van der Waals surface area contributed by atoms with E-state index in [9.17, 15) is 23.2 Å². The highest BCUT2D eigenvalue weighted by Crippen LogP contribution is 2.40. The predicted molar refractivity (Wildman–Crippen MR) is 181 cm³/mol. The Bertz CT molecular complexity index is 1810. The van der Waals surface area contributed by atoms with Gasteiger partial charge in [-0.15, -0.1) is 22.7 Å². The normalized spacial score (nSPS) is 19.6. The van der Waals surface area contributed by atoms with E-state index in [0.717, 1.165) is 20.0 Å². The first-order valence-electron chi connectivity index (χ1n) is 15.2. The molecule has 2 atom stereocenters. The molecule has 0 spiro atoms. The van der Waals surface area contributed by atoms with Gasteiger partial charge in [-0.2, -0.15) is 0 Å². The van der Waals surface area contributed by atoms with Crippen molar-refractivity contribution >= 4 is 79.4 Å². The molecule has 47 heavy (non-hydrogen) atoms. The van der Waals surface area contributed by atoms with Crippen LogP contribution in [0.2, 0.25) is 10.0 Å². The first kappa shape index (κ1) is 33.7. The molecule has 0 unspecified atom stereocenters. The van der Waals surface area contributed by atoms with E-state index >= 15 is 0 Å². The number of fused-ring (bicyclic) bond motifs is 1. The quantitative estimate of drug-likeness (QED) is 0.179. The molecule has 2 fully saturated rings. The number of methoxy groups -OCH3 is 1. The van der Waals surface area contributed by atoms with E-state index in [1.54, 1.807) is 28.6 Å². The summed E-state index contributed by atoms with van der Waals surface area (Å²) in [5.74, 6) is -3.51. The van der Waals surface area contributed by atoms with E-state index in [-0.39, 0.29) is 78.7 Å². The van der Waals surface area contributed by atoms with E-state index in [1.165, 1.54) is 29.8 Å². The van der Waals surface area contributed by atoms with Crippen LogP contribution in [0, 0.1) is 0 Å². The lowest BCUT2D eigenvalue weighted by Crippen LogP contribution is -2.46. The van der Waals surface area contributed by atoms with Gasteiger partial charge < -0.3 is 15.0 Å². The van der Waals surface area contributed by atoms with Crippen LogP contribution in [0.1, 0.15) is 57.5 Å². The fraction of sp³-hybridized carbons (Fsp3) is 0.394. The third-order valence-electron chi connectivity index (χ3n) is 8.76. The van der Waals surface area contributed by atoms with Gasteiger partial charge in [-0.05, 0) is 36.6 Å². The number of amides is 2. The van der Waals surface area contributed by atoms with Gasteiger partial charge in [0, 0.05) is 70.1 Å². The number of thiophene rings is 1. The number of anilines is 1. The van der Waals surface area contributed by atoms with Gasteiger partial charge in [0.1, 0.15) is 5.01 Å². The second kappa shape index (κ2) is 14.1. The number of ether oxygens (including phenoxy) is 1. The molecule has 4 heterocycles. The Labute approximate surface area is 288 Å². The van der Waals surface area contributed by atoms with Crippen molar-refractivity contribution in [1.29, 1.82) is 0 Å². The molecule has 14 heteroatoms. The molecule has 0 aliphatic carbocycles. The molecule has 248 valence electrons. The average Bonchev–Trinajstić information content (AvgIpc) is 3.81. The molecule has 2 aromatic carbocycles. The number of benzene rings is 2. The van der Waals surface area contributed by atoms with Crippen LogP contribution in [0.4, 0.5) is 14.5 Å². The summed E-state index contributed by atoms with van der Waals surface area (Å²) in [7, 11) is 1.34. The number of nitrogens with zero attached hydrogens (tertiary/aromatic N) is 3. The van der Waals surface area contributed by atoms with Crippen LogP contribution in [0.25, 0.3) is 10.1 Å². The van der Waals surface area contributed by atoms with E-state index < -0.39 is 5.92 Å². The van der Waals surface area contributed by atoms with Crippen molar-refractivity contribution in [3.05, 3.63) is 79.0 Å². The van der Waals surface area contributed by atoms with E-state index in [0.29, 0.717) is 36.2 Å². The molecule has 0 radical (unpaired) electrons. The summed E-state index contributed by atoms with van der Waals surface area (Å²) in [4.78, 5) is 48.0. The maximum atomic E-state index is 13.9. The Morgan fingerprint density at radius 2 is 1.89 bits per heavy atom. The summed E-state index contributed by atoms with van der Waals surface area (Å²) in [6, 6.07) is 10.3. The molecular formula is C33H32Cl2F2N4O4S2. The molecule has 2 saturated heterocycles. The van der Waals surface area contributed by atoms with E-state index in [2.05, 4.69) is 10.3 Å². The van der Waals surface area contributed by atoms with Gasteiger partial charge in [0.2, 0.25) is 5.91 Å². The highest BCUT2D eigenvalue weighted by atomic mass is 35.5. The largest absolute Gasteiger partial charge is 0.469 e. The molecule has 1 N–H and O–H groups in total. The Kier molecular flexibility index (Phi) is 10.1. The van der Waals surface area contributed by atoms with Gasteiger partial charge in [0.05, 0.1) is 42.3 Å². The Morgan fingerprint density at radius 1 is 1.13 bits per heavy atom. The zero-order valence-electron chi connectivity index (χ0n) is 25.4. The second-order valence-corrected chi connectivity index (χ2v) is 14.7. The van der Waals surface area contributed by atoms with Crippen molar-refractivity contribution in [2.45, 2.75) is 56.5 Å². The monoisotopic (exact) mass is 720 g/mol. The van der Waals surface area contributed by atoms with Crippen LogP contribution in [0.5, 0.6) is 0 Å².